The molecule has 2 fully saturated rings. The van der Waals surface area contributed by atoms with Crippen molar-refractivity contribution in [2.24, 2.45) is 23.7 Å². The van der Waals surface area contributed by atoms with E-state index in [1.165, 1.54) is 83.1 Å². The molecule has 2 aliphatic carbocycles. The largest absolute Gasteiger partial charge is 0.196 e. The molecular formula is C22H36FN. The zero-order chi connectivity index (χ0) is 17.2. The highest BCUT2D eigenvalue weighted by Crippen LogP contribution is 2.38. The van der Waals surface area contributed by atoms with Gasteiger partial charge in [-0.1, -0.05) is 84.0 Å². The van der Waals surface area contributed by atoms with Crippen molar-refractivity contribution in [1.82, 2.24) is 0 Å². The molecule has 2 aliphatic rings. The van der Waals surface area contributed by atoms with Gasteiger partial charge in [0.1, 0.15) is 6.07 Å². The van der Waals surface area contributed by atoms with Crippen molar-refractivity contribution in [3.63, 3.8) is 0 Å². The third-order valence-corrected chi connectivity index (χ3v) is 6.62. The molecule has 0 N–H and O–H groups in total. The molecule has 0 aromatic rings. The third kappa shape index (κ3) is 6.96. The van der Waals surface area contributed by atoms with Crippen LogP contribution in [0.5, 0.6) is 0 Å². The van der Waals surface area contributed by atoms with E-state index in [0.717, 1.165) is 36.5 Å². The minimum absolute atomic E-state index is 0.614. The van der Waals surface area contributed by atoms with Crippen LogP contribution in [0.25, 0.3) is 0 Å². The van der Waals surface area contributed by atoms with Crippen molar-refractivity contribution in [3.05, 3.63) is 11.9 Å². The van der Waals surface area contributed by atoms with Crippen molar-refractivity contribution in [2.45, 2.75) is 96.8 Å². The Balaban J connectivity index is 1.55. The summed E-state index contributed by atoms with van der Waals surface area (Å²) in [6, 6.07) is 1.56. The average Bonchev–Trinajstić information content (AvgIpc) is 2.62. The second-order valence-corrected chi connectivity index (χ2v) is 8.38. The number of allylic oxidation sites excluding steroid dienone is 2. The molecule has 0 spiro atoms. The monoisotopic (exact) mass is 333 g/mol. The molecule has 1 nitrogen and oxygen atoms in total. The first kappa shape index (κ1) is 19.5. The second kappa shape index (κ2) is 10.9. The zero-order valence-corrected chi connectivity index (χ0v) is 15.6. The summed E-state index contributed by atoms with van der Waals surface area (Å²) in [6.07, 6.45) is 20.3. The van der Waals surface area contributed by atoms with Gasteiger partial charge >= 0.3 is 0 Å². The maximum absolute atomic E-state index is 12.8. The number of nitrogens with zero attached hydrogens (tertiary/aromatic N) is 1. The van der Waals surface area contributed by atoms with Crippen LogP contribution in [-0.4, -0.2) is 0 Å². The Hall–Kier alpha value is -0.840. The second-order valence-electron chi connectivity index (χ2n) is 8.38. The van der Waals surface area contributed by atoms with E-state index in [2.05, 4.69) is 6.92 Å². The quantitative estimate of drug-likeness (QED) is 0.426. The number of hydrogen-bond donors (Lipinski definition) is 0. The normalized spacial score (nSPS) is 31.6. The summed E-state index contributed by atoms with van der Waals surface area (Å²) in [5, 5.41) is 8.42. The Morgan fingerprint density at radius 1 is 0.833 bits per heavy atom. The number of rotatable bonds is 8. The van der Waals surface area contributed by atoms with E-state index in [1.807, 2.05) is 0 Å². The van der Waals surface area contributed by atoms with Gasteiger partial charge in [0.05, 0.1) is 0 Å². The Labute approximate surface area is 148 Å². The molecule has 0 aromatic carbocycles. The van der Waals surface area contributed by atoms with E-state index >= 15 is 0 Å². The van der Waals surface area contributed by atoms with Gasteiger partial charge in [-0.3, -0.25) is 0 Å². The summed E-state index contributed by atoms with van der Waals surface area (Å²) in [5.41, 5.74) is 0. The lowest BCUT2D eigenvalue weighted by atomic mass is 9.74. The lowest BCUT2D eigenvalue weighted by Crippen LogP contribution is -2.18. The van der Waals surface area contributed by atoms with Gasteiger partial charge < -0.3 is 0 Å². The fourth-order valence-corrected chi connectivity index (χ4v) is 4.99. The molecule has 0 aromatic heterocycles. The van der Waals surface area contributed by atoms with Crippen molar-refractivity contribution in [1.29, 1.82) is 5.26 Å². The van der Waals surface area contributed by atoms with E-state index in [4.69, 9.17) is 5.26 Å². The molecule has 136 valence electrons. The van der Waals surface area contributed by atoms with Crippen molar-refractivity contribution in [2.75, 3.05) is 0 Å². The summed E-state index contributed by atoms with van der Waals surface area (Å²) >= 11 is 0. The third-order valence-electron chi connectivity index (χ3n) is 6.62. The highest BCUT2D eigenvalue weighted by molar-refractivity contribution is 5.11. The summed E-state index contributed by atoms with van der Waals surface area (Å²) in [4.78, 5) is 0. The lowest BCUT2D eigenvalue weighted by molar-refractivity contribution is 0.210. The van der Waals surface area contributed by atoms with Crippen LogP contribution in [0, 0.1) is 35.0 Å². The van der Waals surface area contributed by atoms with Crippen LogP contribution in [-0.2, 0) is 0 Å². The van der Waals surface area contributed by atoms with Crippen molar-refractivity contribution >= 4 is 0 Å². The standard InChI is InChI=1S/C22H36FN/c1-2-4-18-7-11-20(12-8-18)15-16-21-13-9-19(10-14-21)5-3-6-22(23)17-24/h6,18-21H,2-5,7-16H2,1H3/b22-6-. The Kier molecular flexibility index (Phi) is 8.86. The first-order valence-corrected chi connectivity index (χ1v) is 10.5. The van der Waals surface area contributed by atoms with Crippen molar-refractivity contribution in [3.8, 4) is 6.07 Å². The Bertz CT molecular complexity index is 406. The topological polar surface area (TPSA) is 23.8 Å². The summed E-state index contributed by atoms with van der Waals surface area (Å²) in [7, 11) is 0. The predicted octanol–water partition coefficient (Wildman–Crippen LogP) is 7.34. The van der Waals surface area contributed by atoms with Crippen molar-refractivity contribution < 1.29 is 4.39 Å². The van der Waals surface area contributed by atoms with E-state index in [-0.39, 0.29) is 0 Å². The fourth-order valence-electron chi connectivity index (χ4n) is 4.99. The molecule has 2 rings (SSSR count). The number of hydrogen-bond acceptors (Lipinski definition) is 1. The van der Waals surface area contributed by atoms with Gasteiger partial charge in [-0.2, -0.15) is 9.65 Å². The van der Waals surface area contributed by atoms with Gasteiger partial charge in [0.25, 0.3) is 0 Å². The van der Waals surface area contributed by atoms with Crippen LogP contribution in [0.2, 0.25) is 0 Å². The molecule has 2 heteroatoms. The fraction of sp³-hybridized carbons (Fsp3) is 0.864. The van der Waals surface area contributed by atoms with Gasteiger partial charge in [-0.05, 0) is 42.6 Å². The summed E-state index contributed by atoms with van der Waals surface area (Å²) in [6.45, 7) is 2.32. The highest BCUT2D eigenvalue weighted by Gasteiger charge is 2.24. The van der Waals surface area contributed by atoms with Crippen LogP contribution in [0.4, 0.5) is 4.39 Å². The highest BCUT2D eigenvalue weighted by atomic mass is 19.1. The SMILES string of the molecule is CCCC1CCC(CCC2CCC(CC/C=C(\F)C#N)CC2)CC1. The van der Waals surface area contributed by atoms with Crippen LogP contribution >= 0.6 is 0 Å². The minimum atomic E-state index is -0.614. The molecule has 0 bridgehead atoms. The molecule has 0 radical (unpaired) electrons. The molecule has 0 heterocycles. The summed E-state index contributed by atoms with van der Waals surface area (Å²) < 4.78 is 12.8. The molecule has 0 saturated heterocycles. The van der Waals surface area contributed by atoms with Crippen LogP contribution < -0.4 is 0 Å². The van der Waals surface area contributed by atoms with Crippen LogP contribution in [0.15, 0.2) is 11.9 Å². The van der Waals surface area contributed by atoms with Gasteiger partial charge in [-0.25, -0.2) is 0 Å². The van der Waals surface area contributed by atoms with Crippen LogP contribution in [0.3, 0.4) is 0 Å². The molecule has 0 amide bonds. The van der Waals surface area contributed by atoms with E-state index < -0.39 is 5.83 Å². The zero-order valence-electron chi connectivity index (χ0n) is 15.6. The smallest absolute Gasteiger partial charge is 0.195 e. The number of halogens is 1. The maximum Gasteiger partial charge on any atom is 0.196 e. The van der Waals surface area contributed by atoms with Crippen LogP contribution in [0.1, 0.15) is 96.8 Å². The molecule has 0 aliphatic heterocycles. The first-order chi connectivity index (χ1) is 11.7. The lowest BCUT2D eigenvalue weighted by Gasteiger charge is -2.32. The number of nitriles is 1. The summed E-state index contributed by atoms with van der Waals surface area (Å²) in [5.74, 6) is 3.13. The van der Waals surface area contributed by atoms with Gasteiger partial charge in [0, 0.05) is 0 Å². The predicted molar refractivity (Wildman–Crippen MR) is 99.1 cm³/mol. The molecular weight excluding hydrogens is 297 g/mol. The average molecular weight is 334 g/mol. The van der Waals surface area contributed by atoms with E-state index in [0.29, 0.717) is 0 Å². The minimum Gasteiger partial charge on any atom is -0.195 e. The van der Waals surface area contributed by atoms with E-state index in [9.17, 15) is 4.39 Å². The van der Waals surface area contributed by atoms with Gasteiger partial charge in [-0.15, -0.1) is 0 Å². The maximum atomic E-state index is 12.8. The van der Waals surface area contributed by atoms with Gasteiger partial charge in [0.2, 0.25) is 0 Å². The van der Waals surface area contributed by atoms with Gasteiger partial charge in [0.15, 0.2) is 5.83 Å². The Morgan fingerprint density at radius 2 is 1.25 bits per heavy atom. The van der Waals surface area contributed by atoms with E-state index in [1.54, 1.807) is 6.07 Å². The first-order valence-electron chi connectivity index (χ1n) is 10.5. The Morgan fingerprint density at radius 3 is 1.67 bits per heavy atom. The molecule has 0 atom stereocenters. The molecule has 0 unspecified atom stereocenters. The molecule has 2 saturated carbocycles. The molecule has 24 heavy (non-hydrogen) atoms.